The molecular weight excluding hydrogens is 280 g/mol. The zero-order valence-corrected chi connectivity index (χ0v) is 11.7. The van der Waals surface area contributed by atoms with Crippen LogP contribution in [0.25, 0.3) is 0 Å². The van der Waals surface area contributed by atoms with Crippen molar-refractivity contribution >= 4 is 0 Å². The highest BCUT2D eigenvalue weighted by molar-refractivity contribution is 5.08. The van der Waals surface area contributed by atoms with E-state index in [9.17, 15) is 20.4 Å². The molecule has 5 atom stereocenters. The second-order valence-corrected chi connectivity index (χ2v) is 5.05. The third-order valence-corrected chi connectivity index (χ3v) is 3.30. The molecule has 1 aromatic rings. The van der Waals surface area contributed by atoms with Crippen LogP contribution in [0.5, 0.6) is 0 Å². The Kier molecular flexibility index (Phi) is 7.09. The zero-order valence-electron chi connectivity index (χ0n) is 11.7. The van der Waals surface area contributed by atoms with Crippen LogP contribution in [0.3, 0.4) is 0 Å². The number of aliphatic hydroxyl groups is 6. The molecule has 0 aliphatic heterocycles. The lowest BCUT2D eigenvalue weighted by Gasteiger charge is -2.21. The fraction of sp³-hybridized carbons (Fsp3) is 0.692. The van der Waals surface area contributed by atoms with Crippen molar-refractivity contribution in [3.8, 4) is 0 Å². The summed E-state index contributed by atoms with van der Waals surface area (Å²) in [6.07, 6.45) is -2.53. The van der Waals surface area contributed by atoms with E-state index in [-0.39, 0.29) is 24.6 Å². The summed E-state index contributed by atoms with van der Waals surface area (Å²) in [5.74, 6) is -0.293. The summed E-state index contributed by atoms with van der Waals surface area (Å²) in [5, 5.41) is 56.0. The van der Waals surface area contributed by atoms with Crippen LogP contribution in [0.15, 0.2) is 12.4 Å². The Hall–Kier alpha value is -1.16. The Morgan fingerprint density at radius 1 is 0.952 bits per heavy atom. The molecule has 0 spiro atoms. The van der Waals surface area contributed by atoms with Gasteiger partial charge in [0, 0.05) is 25.1 Å². The minimum Gasteiger partial charge on any atom is -0.396 e. The van der Waals surface area contributed by atoms with Crippen LogP contribution in [0, 0.1) is 5.92 Å². The molecule has 0 radical (unpaired) electrons. The number of hydrogen-bond acceptors (Lipinski definition) is 8. The summed E-state index contributed by atoms with van der Waals surface area (Å²) >= 11 is 0. The third kappa shape index (κ3) is 4.95. The van der Waals surface area contributed by atoms with Crippen LogP contribution in [0.1, 0.15) is 24.4 Å². The largest absolute Gasteiger partial charge is 0.396 e. The van der Waals surface area contributed by atoms with Crippen molar-refractivity contribution in [2.24, 2.45) is 5.92 Å². The van der Waals surface area contributed by atoms with Crippen molar-refractivity contribution in [2.75, 3.05) is 13.2 Å². The fourth-order valence-corrected chi connectivity index (χ4v) is 1.65. The third-order valence-electron chi connectivity index (χ3n) is 3.30. The molecule has 0 aliphatic rings. The summed E-state index contributed by atoms with van der Waals surface area (Å²) in [6, 6.07) is 0. The van der Waals surface area contributed by atoms with E-state index in [1.807, 2.05) is 0 Å². The summed E-state index contributed by atoms with van der Waals surface area (Å²) < 4.78 is 0. The van der Waals surface area contributed by atoms with Gasteiger partial charge in [-0.2, -0.15) is 0 Å². The standard InChI is InChI=1S/C13H22N2O6/c1-7(5-16)10(18)2-8-3-15-9(4-14-8)12(20)13(21)11(19)6-17/h3-4,7,10-13,16-21H,2,5-6H2,1H3. The minimum atomic E-state index is -1.57. The lowest BCUT2D eigenvalue weighted by atomic mass is 10.0. The molecular formula is C13H22N2O6. The quantitative estimate of drug-likeness (QED) is 0.316. The molecule has 5 unspecified atom stereocenters. The summed E-state index contributed by atoms with van der Waals surface area (Å²) in [6.45, 7) is 0.870. The summed E-state index contributed by atoms with van der Waals surface area (Å²) in [4.78, 5) is 7.92. The van der Waals surface area contributed by atoms with Gasteiger partial charge >= 0.3 is 0 Å². The van der Waals surface area contributed by atoms with Crippen LogP contribution in [-0.2, 0) is 6.42 Å². The Labute approximate surface area is 122 Å². The van der Waals surface area contributed by atoms with E-state index in [1.165, 1.54) is 12.4 Å². The van der Waals surface area contributed by atoms with Gasteiger partial charge in [-0.1, -0.05) is 6.92 Å². The Morgan fingerprint density at radius 3 is 2.10 bits per heavy atom. The molecule has 1 heterocycles. The van der Waals surface area contributed by atoms with E-state index in [0.717, 1.165) is 0 Å². The van der Waals surface area contributed by atoms with Gasteiger partial charge in [0.2, 0.25) is 0 Å². The van der Waals surface area contributed by atoms with Crippen LogP contribution in [0.4, 0.5) is 0 Å². The van der Waals surface area contributed by atoms with Crippen LogP contribution in [0.2, 0.25) is 0 Å². The predicted octanol–water partition coefficient (Wildman–Crippen LogP) is -2.24. The van der Waals surface area contributed by atoms with Crippen LogP contribution >= 0.6 is 0 Å². The first kappa shape index (κ1) is 17.9. The summed E-state index contributed by atoms with van der Waals surface area (Å²) in [5.41, 5.74) is 0.513. The molecule has 1 rings (SSSR count). The molecule has 120 valence electrons. The fourth-order valence-electron chi connectivity index (χ4n) is 1.65. The Bertz CT molecular complexity index is 416. The maximum atomic E-state index is 9.78. The number of hydrogen-bond donors (Lipinski definition) is 6. The molecule has 0 aromatic carbocycles. The Morgan fingerprint density at radius 2 is 1.62 bits per heavy atom. The van der Waals surface area contributed by atoms with Gasteiger partial charge < -0.3 is 30.6 Å². The van der Waals surface area contributed by atoms with E-state index in [2.05, 4.69) is 9.97 Å². The molecule has 0 saturated heterocycles. The van der Waals surface area contributed by atoms with E-state index in [0.29, 0.717) is 5.69 Å². The highest BCUT2D eigenvalue weighted by atomic mass is 16.4. The van der Waals surface area contributed by atoms with Crippen LogP contribution in [-0.4, -0.2) is 72.1 Å². The number of nitrogens with zero attached hydrogens (tertiary/aromatic N) is 2. The maximum Gasteiger partial charge on any atom is 0.126 e. The molecule has 0 aliphatic carbocycles. The first-order chi connectivity index (χ1) is 9.90. The molecule has 0 bridgehead atoms. The van der Waals surface area contributed by atoms with E-state index < -0.39 is 31.0 Å². The van der Waals surface area contributed by atoms with E-state index in [4.69, 9.17) is 10.2 Å². The number of aromatic nitrogens is 2. The molecule has 0 saturated carbocycles. The predicted molar refractivity (Wildman–Crippen MR) is 72.1 cm³/mol. The highest BCUT2D eigenvalue weighted by Crippen LogP contribution is 2.17. The molecule has 0 fully saturated rings. The van der Waals surface area contributed by atoms with Gasteiger partial charge in [-0.3, -0.25) is 9.97 Å². The van der Waals surface area contributed by atoms with Crippen molar-refractivity contribution < 1.29 is 30.6 Å². The van der Waals surface area contributed by atoms with Crippen molar-refractivity contribution in [1.82, 2.24) is 9.97 Å². The van der Waals surface area contributed by atoms with Gasteiger partial charge in [-0.25, -0.2) is 0 Å². The van der Waals surface area contributed by atoms with Crippen molar-refractivity contribution in [3.63, 3.8) is 0 Å². The van der Waals surface area contributed by atoms with Crippen molar-refractivity contribution in [2.45, 2.75) is 37.8 Å². The van der Waals surface area contributed by atoms with Gasteiger partial charge in [0.25, 0.3) is 0 Å². The molecule has 1 aromatic heterocycles. The molecule has 8 nitrogen and oxygen atoms in total. The van der Waals surface area contributed by atoms with E-state index >= 15 is 0 Å². The average molecular weight is 302 g/mol. The lowest BCUT2D eigenvalue weighted by Crippen LogP contribution is -2.35. The highest BCUT2D eigenvalue weighted by Gasteiger charge is 2.26. The first-order valence-electron chi connectivity index (χ1n) is 6.65. The summed E-state index contributed by atoms with van der Waals surface area (Å²) in [7, 11) is 0. The van der Waals surface area contributed by atoms with Gasteiger partial charge in [-0.15, -0.1) is 0 Å². The Balaban J connectivity index is 2.69. The average Bonchev–Trinajstić information content (AvgIpc) is 2.52. The monoisotopic (exact) mass is 302 g/mol. The molecule has 0 amide bonds. The number of rotatable bonds is 8. The maximum absolute atomic E-state index is 9.78. The smallest absolute Gasteiger partial charge is 0.126 e. The van der Waals surface area contributed by atoms with Gasteiger partial charge in [0.1, 0.15) is 18.3 Å². The SMILES string of the molecule is CC(CO)C(O)Cc1cnc(C(O)C(O)C(O)CO)cn1. The van der Waals surface area contributed by atoms with Gasteiger partial charge in [-0.05, 0) is 0 Å². The normalized spacial score (nSPS) is 18.8. The van der Waals surface area contributed by atoms with Gasteiger partial charge in [0.05, 0.1) is 30.3 Å². The molecule has 21 heavy (non-hydrogen) atoms. The first-order valence-corrected chi connectivity index (χ1v) is 6.65. The second kappa shape index (κ2) is 8.32. The van der Waals surface area contributed by atoms with Crippen LogP contribution < -0.4 is 0 Å². The van der Waals surface area contributed by atoms with Crippen molar-refractivity contribution in [1.29, 1.82) is 0 Å². The second-order valence-electron chi connectivity index (χ2n) is 5.05. The minimum absolute atomic E-state index is 0.0449. The topological polar surface area (TPSA) is 147 Å². The van der Waals surface area contributed by atoms with Crippen molar-refractivity contribution in [3.05, 3.63) is 23.8 Å². The molecule has 8 heteroatoms. The van der Waals surface area contributed by atoms with E-state index in [1.54, 1.807) is 6.92 Å². The zero-order chi connectivity index (χ0) is 16.0. The number of aliphatic hydroxyl groups excluding tert-OH is 6. The van der Waals surface area contributed by atoms with Gasteiger partial charge in [0.15, 0.2) is 0 Å². The lowest BCUT2D eigenvalue weighted by molar-refractivity contribution is -0.0790. The molecule has 6 N–H and O–H groups in total.